The van der Waals surface area contributed by atoms with Gasteiger partial charge in [0.15, 0.2) is 0 Å². The van der Waals surface area contributed by atoms with Gasteiger partial charge in [0.25, 0.3) is 0 Å². The van der Waals surface area contributed by atoms with Crippen LogP contribution in [0.3, 0.4) is 0 Å². The minimum absolute atomic E-state index is 0.807. The first-order chi connectivity index (χ1) is 6.86. The molecule has 84 valence electrons. The molecule has 0 aromatic heterocycles. The molecule has 0 amide bonds. The second kappa shape index (κ2) is 7.21. The van der Waals surface area contributed by atoms with Gasteiger partial charge in [-0.15, -0.1) is 0 Å². The van der Waals surface area contributed by atoms with E-state index in [9.17, 15) is 0 Å². The number of nitrogens with zero attached hydrogens (tertiary/aromatic N) is 1. The molecule has 1 aliphatic carbocycles. The number of likely N-dealkylation sites (N-methyl/N-ethyl adjacent to an activating group) is 1. The molecule has 0 spiro atoms. The van der Waals surface area contributed by atoms with Gasteiger partial charge in [0.05, 0.1) is 13.2 Å². The largest absolute Gasteiger partial charge is 0.379 e. The number of hydrogen-bond acceptors (Lipinski definition) is 3. The molecule has 1 saturated carbocycles. The average molecular weight is 200 g/mol. The highest BCUT2D eigenvalue weighted by Gasteiger charge is 2.19. The lowest BCUT2D eigenvalue weighted by Gasteiger charge is -2.17. The second-order valence-electron chi connectivity index (χ2n) is 3.87. The molecule has 1 fully saturated rings. The number of hydrogen-bond donors (Lipinski definition) is 1. The van der Waals surface area contributed by atoms with Crippen molar-refractivity contribution in [3.63, 3.8) is 0 Å². The fourth-order valence-corrected chi connectivity index (χ4v) is 1.46. The van der Waals surface area contributed by atoms with Crippen molar-refractivity contribution in [2.24, 2.45) is 0 Å². The van der Waals surface area contributed by atoms with Crippen LogP contribution in [0.1, 0.15) is 26.7 Å². The van der Waals surface area contributed by atoms with Gasteiger partial charge in [-0.05, 0) is 25.9 Å². The Morgan fingerprint density at radius 2 is 1.93 bits per heavy atom. The van der Waals surface area contributed by atoms with E-state index in [0.717, 1.165) is 45.4 Å². The van der Waals surface area contributed by atoms with Gasteiger partial charge in [-0.3, -0.25) is 0 Å². The summed E-state index contributed by atoms with van der Waals surface area (Å²) in [6.07, 6.45) is 2.72. The summed E-state index contributed by atoms with van der Waals surface area (Å²) in [5.41, 5.74) is 0. The Balaban J connectivity index is 1.78. The molecule has 0 aromatic rings. The molecule has 1 N–H and O–H groups in total. The zero-order valence-corrected chi connectivity index (χ0v) is 9.59. The third-order valence-corrected chi connectivity index (χ3v) is 2.70. The highest BCUT2D eigenvalue weighted by molar-refractivity contribution is 4.80. The van der Waals surface area contributed by atoms with Crippen molar-refractivity contribution in [1.29, 1.82) is 0 Å². The van der Waals surface area contributed by atoms with Gasteiger partial charge in [0.2, 0.25) is 0 Å². The fourth-order valence-electron chi connectivity index (χ4n) is 1.46. The van der Waals surface area contributed by atoms with Crippen LogP contribution in [0.4, 0.5) is 0 Å². The summed E-state index contributed by atoms with van der Waals surface area (Å²) in [6, 6.07) is 0.807. The Morgan fingerprint density at radius 1 is 1.21 bits per heavy atom. The first-order valence-electron chi connectivity index (χ1n) is 5.90. The molecule has 0 atom stereocenters. The van der Waals surface area contributed by atoms with Crippen molar-refractivity contribution in [2.75, 3.05) is 39.4 Å². The minimum atomic E-state index is 0.807. The summed E-state index contributed by atoms with van der Waals surface area (Å²) < 4.78 is 5.54. The molecule has 0 radical (unpaired) electrons. The van der Waals surface area contributed by atoms with Crippen LogP contribution < -0.4 is 5.32 Å². The van der Waals surface area contributed by atoms with Crippen LogP contribution >= 0.6 is 0 Å². The molecule has 0 heterocycles. The van der Waals surface area contributed by atoms with Crippen LogP contribution in [0.25, 0.3) is 0 Å². The first kappa shape index (κ1) is 12.0. The molecule has 1 aliphatic rings. The SMILES string of the molecule is CCN(CC)CCOCCNC1CC1. The summed E-state index contributed by atoms with van der Waals surface area (Å²) in [5, 5.41) is 3.43. The maximum Gasteiger partial charge on any atom is 0.0594 e. The number of rotatable bonds is 9. The monoisotopic (exact) mass is 200 g/mol. The normalized spacial score (nSPS) is 16.5. The Labute approximate surface area is 87.8 Å². The van der Waals surface area contributed by atoms with Gasteiger partial charge in [-0.25, -0.2) is 0 Å². The second-order valence-corrected chi connectivity index (χ2v) is 3.87. The molecule has 0 unspecified atom stereocenters. The molecule has 0 bridgehead atoms. The molecular formula is C11H24N2O. The highest BCUT2D eigenvalue weighted by atomic mass is 16.5. The van der Waals surface area contributed by atoms with E-state index in [1.165, 1.54) is 12.8 Å². The Morgan fingerprint density at radius 3 is 2.50 bits per heavy atom. The van der Waals surface area contributed by atoms with Crippen molar-refractivity contribution in [3.05, 3.63) is 0 Å². The van der Waals surface area contributed by atoms with Gasteiger partial charge in [-0.2, -0.15) is 0 Å². The van der Waals surface area contributed by atoms with E-state index in [0.29, 0.717) is 0 Å². The molecule has 0 aliphatic heterocycles. The predicted molar refractivity (Wildman–Crippen MR) is 59.6 cm³/mol. The van der Waals surface area contributed by atoms with E-state index in [4.69, 9.17) is 4.74 Å². The summed E-state index contributed by atoms with van der Waals surface area (Å²) in [7, 11) is 0. The quantitative estimate of drug-likeness (QED) is 0.564. The van der Waals surface area contributed by atoms with Crippen LogP contribution in [0.5, 0.6) is 0 Å². The van der Waals surface area contributed by atoms with Gasteiger partial charge in [0.1, 0.15) is 0 Å². The van der Waals surface area contributed by atoms with Crippen LogP contribution in [0, 0.1) is 0 Å². The molecule has 14 heavy (non-hydrogen) atoms. The average Bonchev–Trinajstić information content (AvgIpc) is 3.01. The zero-order valence-electron chi connectivity index (χ0n) is 9.59. The zero-order chi connectivity index (χ0) is 10.2. The molecule has 1 rings (SSSR count). The van der Waals surface area contributed by atoms with E-state index in [2.05, 4.69) is 24.1 Å². The van der Waals surface area contributed by atoms with Gasteiger partial charge >= 0.3 is 0 Å². The summed E-state index contributed by atoms with van der Waals surface area (Å²) >= 11 is 0. The lowest BCUT2D eigenvalue weighted by molar-refractivity contribution is 0.108. The van der Waals surface area contributed by atoms with E-state index >= 15 is 0 Å². The van der Waals surface area contributed by atoms with Gasteiger partial charge in [-0.1, -0.05) is 13.8 Å². The maximum absolute atomic E-state index is 5.54. The molecule has 3 nitrogen and oxygen atoms in total. The predicted octanol–water partition coefficient (Wildman–Crippen LogP) is 1.10. The molecule has 3 heteroatoms. The Bertz CT molecular complexity index is 133. The van der Waals surface area contributed by atoms with Crippen LogP contribution in [-0.4, -0.2) is 50.3 Å². The van der Waals surface area contributed by atoms with E-state index < -0.39 is 0 Å². The Kier molecular flexibility index (Phi) is 6.15. The van der Waals surface area contributed by atoms with Crippen molar-refractivity contribution in [2.45, 2.75) is 32.7 Å². The fraction of sp³-hybridized carbons (Fsp3) is 1.00. The van der Waals surface area contributed by atoms with E-state index in [1.807, 2.05) is 0 Å². The number of ether oxygens (including phenoxy) is 1. The molecular weight excluding hydrogens is 176 g/mol. The first-order valence-corrected chi connectivity index (χ1v) is 5.90. The lowest BCUT2D eigenvalue weighted by atomic mass is 10.5. The smallest absolute Gasteiger partial charge is 0.0594 e. The summed E-state index contributed by atoms with van der Waals surface area (Å²) in [4.78, 5) is 2.38. The van der Waals surface area contributed by atoms with Gasteiger partial charge in [0, 0.05) is 19.1 Å². The summed E-state index contributed by atoms with van der Waals surface area (Å²) in [5.74, 6) is 0. The van der Waals surface area contributed by atoms with Crippen LogP contribution in [0.2, 0.25) is 0 Å². The molecule has 0 saturated heterocycles. The maximum atomic E-state index is 5.54. The van der Waals surface area contributed by atoms with Crippen LogP contribution in [-0.2, 0) is 4.74 Å². The third kappa shape index (κ3) is 5.58. The standard InChI is InChI=1S/C11H24N2O/c1-3-13(4-2)8-10-14-9-7-12-11-5-6-11/h11-12H,3-10H2,1-2H3. The van der Waals surface area contributed by atoms with E-state index in [-0.39, 0.29) is 0 Å². The van der Waals surface area contributed by atoms with E-state index in [1.54, 1.807) is 0 Å². The van der Waals surface area contributed by atoms with Crippen molar-refractivity contribution >= 4 is 0 Å². The summed E-state index contributed by atoms with van der Waals surface area (Å²) in [6.45, 7) is 10.4. The highest BCUT2D eigenvalue weighted by Crippen LogP contribution is 2.17. The lowest BCUT2D eigenvalue weighted by Crippen LogP contribution is -2.28. The molecule has 0 aromatic carbocycles. The van der Waals surface area contributed by atoms with Crippen molar-refractivity contribution in [3.8, 4) is 0 Å². The minimum Gasteiger partial charge on any atom is -0.379 e. The topological polar surface area (TPSA) is 24.5 Å². The van der Waals surface area contributed by atoms with Gasteiger partial charge < -0.3 is 15.0 Å². The van der Waals surface area contributed by atoms with Crippen molar-refractivity contribution in [1.82, 2.24) is 10.2 Å². The number of nitrogens with one attached hydrogen (secondary N) is 1. The third-order valence-electron chi connectivity index (χ3n) is 2.70. The Hall–Kier alpha value is -0.120. The van der Waals surface area contributed by atoms with Crippen molar-refractivity contribution < 1.29 is 4.74 Å². The van der Waals surface area contributed by atoms with Crippen LogP contribution in [0.15, 0.2) is 0 Å².